The van der Waals surface area contributed by atoms with Gasteiger partial charge in [-0.3, -0.25) is 14.7 Å². The average Bonchev–Trinajstić information content (AvgIpc) is 2.72. The van der Waals surface area contributed by atoms with Crippen LogP contribution in [0.1, 0.15) is 22.7 Å². The summed E-state index contributed by atoms with van der Waals surface area (Å²) in [4.78, 5) is 18.9. The van der Waals surface area contributed by atoms with E-state index in [1.165, 1.54) is 16.7 Å². The van der Waals surface area contributed by atoms with Crippen LogP contribution in [0, 0.1) is 5.92 Å². The number of rotatable bonds is 7. The SMILES string of the molecule is O=C(NCCc1ccncc1)C1CN(C(c2ccccc2)c2ccccc2)C1. The summed E-state index contributed by atoms with van der Waals surface area (Å²) < 4.78 is 0. The highest BCUT2D eigenvalue weighted by molar-refractivity contribution is 5.80. The number of carbonyl (C=O) groups is 1. The highest BCUT2D eigenvalue weighted by Crippen LogP contribution is 2.34. The van der Waals surface area contributed by atoms with E-state index in [2.05, 4.69) is 63.7 Å². The Balaban J connectivity index is 1.35. The topological polar surface area (TPSA) is 45.2 Å². The lowest BCUT2D eigenvalue weighted by Crippen LogP contribution is -2.55. The summed E-state index contributed by atoms with van der Waals surface area (Å²) in [6, 6.07) is 25.2. The fourth-order valence-electron chi connectivity index (χ4n) is 3.80. The number of hydrogen-bond acceptors (Lipinski definition) is 3. The number of benzene rings is 2. The molecular weight excluding hydrogens is 346 g/mol. The molecule has 0 bridgehead atoms. The standard InChI is InChI=1S/C24H25N3O/c28-24(26-16-13-19-11-14-25-15-12-19)22-17-27(18-22)23(20-7-3-1-4-8-20)21-9-5-2-6-10-21/h1-12,14-15,22-23H,13,16-18H2,(H,26,28). The molecule has 0 unspecified atom stereocenters. The zero-order valence-electron chi connectivity index (χ0n) is 15.9. The second kappa shape index (κ2) is 8.81. The summed E-state index contributed by atoms with van der Waals surface area (Å²) in [5, 5.41) is 3.09. The summed E-state index contributed by atoms with van der Waals surface area (Å²) in [7, 11) is 0. The molecule has 1 aromatic heterocycles. The molecule has 1 fully saturated rings. The van der Waals surface area contributed by atoms with E-state index in [0.717, 1.165) is 19.5 Å². The number of hydrogen-bond donors (Lipinski definition) is 1. The number of amides is 1. The molecule has 2 aromatic carbocycles. The minimum Gasteiger partial charge on any atom is -0.355 e. The Kier molecular flexibility index (Phi) is 5.78. The van der Waals surface area contributed by atoms with Gasteiger partial charge >= 0.3 is 0 Å². The highest BCUT2D eigenvalue weighted by atomic mass is 16.2. The van der Waals surface area contributed by atoms with Crippen LogP contribution >= 0.6 is 0 Å². The van der Waals surface area contributed by atoms with Crippen LogP contribution in [0.2, 0.25) is 0 Å². The number of nitrogens with one attached hydrogen (secondary N) is 1. The van der Waals surface area contributed by atoms with Gasteiger partial charge < -0.3 is 5.32 Å². The minimum absolute atomic E-state index is 0.0624. The quantitative estimate of drug-likeness (QED) is 0.692. The maximum absolute atomic E-state index is 12.5. The van der Waals surface area contributed by atoms with E-state index in [4.69, 9.17) is 0 Å². The fraction of sp³-hybridized carbons (Fsp3) is 0.250. The van der Waals surface area contributed by atoms with Crippen LogP contribution in [-0.2, 0) is 11.2 Å². The van der Waals surface area contributed by atoms with E-state index >= 15 is 0 Å². The Hall–Kier alpha value is -2.98. The number of nitrogens with zero attached hydrogens (tertiary/aromatic N) is 2. The van der Waals surface area contributed by atoms with Crippen LogP contribution in [0.25, 0.3) is 0 Å². The van der Waals surface area contributed by atoms with Gasteiger partial charge in [-0.2, -0.15) is 0 Å². The smallest absolute Gasteiger partial charge is 0.225 e. The van der Waals surface area contributed by atoms with Gasteiger partial charge in [0.15, 0.2) is 0 Å². The van der Waals surface area contributed by atoms with E-state index in [1.54, 1.807) is 12.4 Å². The number of pyridine rings is 1. The van der Waals surface area contributed by atoms with Crippen molar-refractivity contribution in [2.24, 2.45) is 5.92 Å². The van der Waals surface area contributed by atoms with Crippen molar-refractivity contribution in [3.8, 4) is 0 Å². The first-order chi connectivity index (χ1) is 13.8. The average molecular weight is 371 g/mol. The summed E-state index contributed by atoms with van der Waals surface area (Å²) in [6.45, 7) is 2.24. The lowest BCUT2D eigenvalue weighted by molar-refractivity contribution is -0.131. The Morgan fingerprint density at radius 3 is 2.07 bits per heavy atom. The zero-order valence-corrected chi connectivity index (χ0v) is 15.9. The van der Waals surface area contributed by atoms with Gasteiger partial charge in [0.25, 0.3) is 0 Å². The fourth-order valence-corrected chi connectivity index (χ4v) is 3.80. The maximum atomic E-state index is 12.5. The Morgan fingerprint density at radius 2 is 1.50 bits per heavy atom. The first-order valence-electron chi connectivity index (χ1n) is 9.82. The second-order valence-electron chi connectivity index (χ2n) is 7.27. The molecule has 0 atom stereocenters. The van der Waals surface area contributed by atoms with Crippen molar-refractivity contribution in [3.63, 3.8) is 0 Å². The third kappa shape index (κ3) is 4.29. The molecule has 1 amide bonds. The van der Waals surface area contributed by atoms with Gasteiger partial charge in [0, 0.05) is 32.0 Å². The number of aromatic nitrogens is 1. The van der Waals surface area contributed by atoms with Crippen LogP contribution in [0.5, 0.6) is 0 Å². The first kappa shape index (κ1) is 18.4. The van der Waals surface area contributed by atoms with E-state index in [1.807, 2.05) is 24.3 Å². The lowest BCUT2D eigenvalue weighted by Gasteiger charge is -2.44. The van der Waals surface area contributed by atoms with Gasteiger partial charge in [0.1, 0.15) is 0 Å². The van der Waals surface area contributed by atoms with Gasteiger partial charge in [-0.25, -0.2) is 0 Å². The van der Waals surface area contributed by atoms with E-state index in [0.29, 0.717) is 6.54 Å². The van der Waals surface area contributed by atoms with Gasteiger partial charge in [-0.1, -0.05) is 60.7 Å². The van der Waals surface area contributed by atoms with Crippen LogP contribution in [0.3, 0.4) is 0 Å². The lowest BCUT2D eigenvalue weighted by atomic mass is 9.90. The van der Waals surface area contributed by atoms with Gasteiger partial charge in [0.05, 0.1) is 12.0 Å². The zero-order chi connectivity index (χ0) is 19.2. The minimum atomic E-state index is 0.0624. The monoisotopic (exact) mass is 371 g/mol. The second-order valence-corrected chi connectivity index (χ2v) is 7.27. The molecule has 2 heterocycles. The van der Waals surface area contributed by atoms with Crippen LogP contribution in [0.15, 0.2) is 85.2 Å². The predicted molar refractivity (Wildman–Crippen MR) is 111 cm³/mol. The maximum Gasteiger partial charge on any atom is 0.225 e. The summed E-state index contributed by atoms with van der Waals surface area (Å²) in [6.07, 6.45) is 4.41. The van der Waals surface area contributed by atoms with Gasteiger partial charge in [0.2, 0.25) is 5.91 Å². The molecule has 142 valence electrons. The molecule has 1 aliphatic heterocycles. The molecule has 0 saturated carbocycles. The van der Waals surface area contributed by atoms with Crippen molar-refractivity contribution < 1.29 is 4.79 Å². The van der Waals surface area contributed by atoms with Crippen LogP contribution in [0.4, 0.5) is 0 Å². The van der Waals surface area contributed by atoms with E-state index < -0.39 is 0 Å². The molecule has 0 spiro atoms. The Bertz CT molecular complexity index is 838. The van der Waals surface area contributed by atoms with Crippen LogP contribution in [-0.4, -0.2) is 35.4 Å². The van der Waals surface area contributed by atoms with Crippen molar-refractivity contribution in [1.82, 2.24) is 15.2 Å². The number of likely N-dealkylation sites (tertiary alicyclic amines) is 1. The normalized spacial score (nSPS) is 14.6. The number of carbonyl (C=O) groups excluding carboxylic acids is 1. The van der Waals surface area contributed by atoms with Gasteiger partial charge in [-0.05, 0) is 35.2 Å². The molecule has 3 aromatic rings. The third-order valence-corrected chi connectivity index (χ3v) is 5.34. The Labute approximate surface area is 166 Å². The molecule has 4 rings (SSSR count). The van der Waals surface area contributed by atoms with Crippen molar-refractivity contribution >= 4 is 5.91 Å². The molecule has 0 radical (unpaired) electrons. The first-order valence-corrected chi connectivity index (χ1v) is 9.82. The Morgan fingerprint density at radius 1 is 0.929 bits per heavy atom. The van der Waals surface area contributed by atoms with Crippen molar-refractivity contribution in [3.05, 3.63) is 102 Å². The van der Waals surface area contributed by atoms with Gasteiger partial charge in [-0.15, -0.1) is 0 Å². The molecule has 0 aliphatic carbocycles. The largest absolute Gasteiger partial charge is 0.355 e. The predicted octanol–water partition coefficient (Wildman–Crippen LogP) is 3.46. The van der Waals surface area contributed by atoms with Crippen molar-refractivity contribution in [1.29, 1.82) is 0 Å². The summed E-state index contributed by atoms with van der Waals surface area (Å²) in [5.41, 5.74) is 3.73. The van der Waals surface area contributed by atoms with E-state index in [9.17, 15) is 4.79 Å². The summed E-state index contributed by atoms with van der Waals surface area (Å²) in [5.74, 6) is 0.220. The third-order valence-electron chi connectivity index (χ3n) is 5.34. The molecule has 28 heavy (non-hydrogen) atoms. The van der Waals surface area contributed by atoms with Crippen LogP contribution < -0.4 is 5.32 Å². The molecule has 1 saturated heterocycles. The molecule has 1 aliphatic rings. The summed E-state index contributed by atoms with van der Waals surface area (Å²) >= 11 is 0. The van der Waals surface area contributed by atoms with Crippen molar-refractivity contribution in [2.75, 3.05) is 19.6 Å². The molecular formula is C24H25N3O. The molecule has 4 nitrogen and oxygen atoms in total. The van der Waals surface area contributed by atoms with Crippen molar-refractivity contribution in [2.45, 2.75) is 12.5 Å². The highest BCUT2D eigenvalue weighted by Gasteiger charge is 2.37. The molecule has 4 heteroatoms. The van der Waals surface area contributed by atoms with E-state index in [-0.39, 0.29) is 17.9 Å². The molecule has 1 N–H and O–H groups in total.